The van der Waals surface area contributed by atoms with Crippen molar-refractivity contribution in [2.45, 2.75) is 0 Å². The van der Waals surface area contributed by atoms with E-state index in [9.17, 15) is 13.2 Å². The summed E-state index contributed by atoms with van der Waals surface area (Å²) in [6.07, 6.45) is 0. The van der Waals surface area contributed by atoms with Gasteiger partial charge in [-0.1, -0.05) is 11.6 Å². The number of hydrogen-bond donors (Lipinski definition) is 0. The summed E-state index contributed by atoms with van der Waals surface area (Å²) in [7, 11) is 1.04. The van der Waals surface area contributed by atoms with E-state index in [0.717, 1.165) is 7.11 Å². The monoisotopic (exact) mass is 196 g/mol. The molecule has 0 spiro atoms. The predicted molar refractivity (Wildman–Crippen MR) is 37.9 cm³/mol. The van der Waals surface area contributed by atoms with E-state index < -0.39 is 28.2 Å². The van der Waals surface area contributed by atoms with Crippen LogP contribution in [0.4, 0.5) is 13.2 Å². The lowest BCUT2D eigenvalue weighted by atomic mass is 10.3. The molecule has 1 nitrogen and oxygen atoms in total. The molecule has 0 aliphatic heterocycles. The van der Waals surface area contributed by atoms with Crippen molar-refractivity contribution >= 4 is 11.6 Å². The highest BCUT2D eigenvalue weighted by atomic mass is 35.5. The Labute approximate surface area is 71.7 Å². The van der Waals surface area contributed by atoms with Gasteiger partial charge in [-0.25, -0.2) is 8.78 Å². The van der Waals surface area contributed by atoms with E-state index in [1.165, 1.54) is 0 Å². The Balaban J connectivity index is 3.40. The molecular formula is C7H4ClF3O. The molecule has 0 aliphatic rings. The number of methoxy groups -OCH3 is 1. The molecule has 0 atom stereocenters. The Morgan fingerprint density at radius 2 is 1.83 bits per heavy atom. The smallest absolute Gasteiger partial charge is 0.205 e. The Kier molecular flexibility index (Phi) is 2.47. The van der Waals surface area contributed by atoms with Gasteiger partial charge < -0.3 is 4.74 Å². The number of rotatable bonds is 1. The molecule has 12 heavy (non-hydrogen) atoms. The normalized spacial score (nSPS) is 10.1. The van der Waals surface area contributed by atoms with Gasteiger partial charge in [0.2, 0.25) is 5.82 Å². The summed E-state index contributed by atoms with van der Waals surface area (Å²) in [6.45, 7) is 0. The Bertz CT molecular complexity index is 314. The zero-order valence-corrected chi connectivity index (χ0v) is 6.75. The second-order valence-electron chi connectivity index (χ2n) is 2.00. The predicted octanol–water partition coefficient (Wildman–Crippen LogP) is 2.77. The number of hydrogen-bond acceptors (Lipinski definition) is 1. The van der Waals surface area contributed by atoms with Gasteiger partial charge in [-0.05, 0) is 6.07 Å². The quantitative estimate of drug-likeness (QED) is 0.496. The molecule has 0 saturated carbocycles. The molecule has 1 aromatic carbocycles. The van der Waals surface area contributed by atoms with Gasteiger partial charge in [-0.15, -0.1) is 0 Å². The molecule has 5 heteroatoms. The molecule has 0 bridgehead atoms. The third-order valence-corrected chi connectivity index (χ3v) is 1.55. The minimum Gasteiger partial charge on any atom is -0.491 e. The van der Waals surface area contributed by atoms with E-state index in [-0.39, 0.29) is 0 Å². The van der Waals surface area contributed by atoms with Crippen molar-refractivity contribution in [2.24, 2.45) is 0 Å². The summed E-state index contributed by atoms with van der Waals surface area (Å²) in [5, 5.41) is -0.606. The maximum atomic E-state index is 12.7. The Morgan fingerprint density at radius 3 is 2.33 bits per heavy atom. The van der Waals surface area contributed by atoms with Gasteiger partial charge in [0.05, 0.1) is 12.1 Å². The first kappa shape index (κ1) is 9.19. The number of benzene rings is 1. The summed E-state index contributed by atoms with van der Waals surface area (Å²) in [4.78, 5) is 0. The van der Waals surface area contributed by atoms with E-state index in [0.29, 0.717) is 6.07 Å². The largest absolute Gasteiger partial charge is 0.491 e. The van der Waals surface area contributed by atoms with Gasteiger partial charge in [0.15, 0.2) is 17.4 Å². The first-order valence-corrected chi connectivity index (χ1v) is 3.32. The molecule has 0 saturated heterocycles. The van der Waals surface area contributed by atoms with E-state index in [1.807, 2.05) is 0 Å². The lowest BCUT2D eigenvalue weighted by Gasteiger charge is -2.04. The Morgan fingerprint density at radius 1 is 1.25 bits per heavy atom. The molecule has 0 aromatic heterocycles. The summed E-state index contributed by atoms with van der Waals surface area (Å²) in [5.74, 6) is -4.52. The van der Waals surface area contributed by atoms with Crippen molar-refractivity contribution in [3.8, 4) is 5.75 Å². The van der Waals surface area contributed by atoms with E-state index in [1.54, 1.807) is 0 Å². The van der Waals surface area contributed by atoms with Crippen LogP contribution in [-0.2, 0) is 0 Å². The van der Waals surface area contributed by atoms with Crippen molar-refractivity contribution in [2.75, 3.05) is 7.11 Å². The molecule has 0 N–H and O–H groups in total. The fourth-order valence-electron chi connectivity index (χ4n) is 0.737. The molecule has 1 aromatic rings. The van der Waals surface area contributed by atoms with Gasteiger partial charge in [-0.3, -0.25) is 0 Å². The molecule has 0 unspecified atom stereocenters. The van der Waals surface area contributed by atoms with E-state index >= 15 is 0 Å². The van der Waals surface area contributed by atoms with Crippen LogP contribution in [0.5, 0.6) is 5.75 Å². The van der Waals surface area contributed by atoms with Crippen LogP contribution in [-0.4, -0.2) is 7.11 Å². The van der Waals surface area contributed by atoms with Crippen LogP contribution in [0.25, 0.3) is 0 Å². The van der Waals surface area contributed by atoms with Crippen molar-refractivity contribution in [3.05, 3.63) is 28.5 Å². The number of halogens is 4. The van der Waals surface area contributed by atoms with Gasteiger partial charge in [-0.2, -0.15) is 4.39 Å². The second-order valence-corrected chi connectivity index (χ2v) is 2.41. The van der Waals surface area contributed by atoms with E-state index in [4.69, 9.17) is 11.6 Å². The van der Waals surface area contributed by atoms with E-state index in [2.05, 4.69) is 4.74 Å². The molecule has 1 rings (SSSR count). The minimum absolute atomic E-state index is 0.606. The van der Waals surface area contributed by atoms with Crippen LogP contribution >= 0.6 is 11.6 Å². The molecule has 0 heterocycles. The summed E-state index contributed by atoms with van der Waals surface area (Å²) >= 11 is 5.14. The third kappa shape index (κ3) is 1.34. The molecular weight excluding hydrogens is 193 g/mol. The van der Waals surface area contributed by atoms with Crippen molar-refractivity contribution in [3.63, 3.8) is 0 Å². The molecule has 0 fully saturated rings. The molecule has 0 aliphatic carbocycles. The highest BCUT2D eigenvalue weighted by Crippen LogP contribution is 2.28. The molecule has 0 radical (unpaired) electrons. The average Bonchev–Trinajstić information content (AvgIpc) is 2.01. The van der Waals surface area contributed by atoms with Gasteiger partial charge in [0.25, 0.3) is 0 Å². The lowest BCUT2D eigenvalue weighted by molar-refractivity contribution is 0.347. The molecule has 66 valence electrons. The van der Waals surface area contributed by atoms with Crippen LogP contribution in [0.3, 0.4) is 0 Å². The standard InChI is InChI=1S/C7H4ClF3O/c1-12-7-4(9)2-3(8)5(10)6(7)11/h2H,1H3. The Hall–Kier alpha value is -0.900. The van der Waals surface area contributed by atoms with Gasteiger partial charge in [0.1, 0.15) is 0 Å². The second kappa shape index (κ2) is 3.23. The summed E-state index contributed by atoms with van der Waals surface area (Å²) in [6, 6.07) is 0.652. The maximum Gasteiger partial charge on any atom is 0.205 e. The third-order valence-electron chi connectivity index (χ3n) is 1.28. The van der Waals surface area contributed by atoms with Crippen LogP contribution in [0.2, 0.25) is 5.02 Å². The molecule has 0 amide bonds. The lowest BCUT2D eigenvalue weighted by Crippen LogP contribution is -1.96. The fourth-order valence-corrected chi connectivity index (χ4v) is 0.915. The van der Waals surface area contributed by atoms with Gasteiger partial charge >= 0.3 is 0 Å². The van der Waals surface area contributed by atoms with Crippen LogP contribution < -0.4 is 4.74 Å². The highest BCUT2D eigenvalue weighted by Gasteiger charge is 2.17. The number of ether oxygens (including phenoxy) is 1. The highest BCUT2D eigenvalue weighted by molar-refractivity contribution is 6.30. The summed E-state index contributed by atoms with van der Waals surface area (Å²) < 4.78 is 42.2. The first-order chi connectivity index (χ1) is 5.57. The van der Waals surface area contributed by atoms with Gasteiger partial charge in [0, 0.05) is 0 Å². The fraction of sp³-hybridized carbons (Fsp3) is 0.143. The topological polar surface area (TPSA) is 9.23 Å². The zero-order chi connectivity index (χ0) is 9.30. The minimum atomic E-state index is -1.41. The maximum absolute atomic E-state index is 12.7. The van der Waals surface area contributed by atoms with Crippen LogP contribution in [0.1, 0.15) is 0 Å². The van der Waals surface area contributed by atoms with Crippen molar-refractivity contribution < 1.29 is 17.9 Å². The van der Waals surface area contributed by atoms with Crippen LogP contribution in [0, 0.1) is 17.5 Å². The van der Waals surface area contributed by atoms with Crippen molar-refractivity contribution in [1.82, 2.24) is 0 Å². The average molecular weight is 197 g/mol. The van der Waals surface area contributed by atoms with Crippen LogP contribution in [0.15, 0.2) is 6.07 Å². The SMILES string of the molecule is COc1c(F)cc(Cl)c(F)c1F. The zero-order valence-electron chi connectivity index (χ0n) is 6.00. The first-order valence-electron chi connectivity index (χ1n) is 2.95. The van der Waals surface area contributed by atoms with Crippen molar-refractivity contribution in [1.29, 1.82) is 0 Å². The summed E-state index contributed by atoms with van der Waals surface area (Å²) in [5.41, 5.74) is 0.